The molecule has 2 fully saturated rings. The summed E-state index contributed by atoms with van der Waals surface area (Å²) in [6, 6.07) is 11.5. The van der Waals surface area contributed by atoms with Crippen molar-refractivity contribution < 1.29 is 29.1 Å². The highest BCUT2D eigenvalue weighted by molar-refractivity contribution is 6.46. The number of amides is 1. The van der Waals surface area contributed by atoms with Crippen LogP contribution in [0.2, 0.25) is 0 Å². The van der Waals surface area contributed by atoms with E-state index in [1.54, 1.807) is 24.3 Å². The first-order valence-corrected chi connectivity index (χ1v) is 11.5. The van der Waals surface area contributed by atoms with Gasteiger partial charge in [0.25, 0.3) is 17.4 Å². The molecule has 35 heavy (non-hydrogen) atoms. The molecule has 10 heteroatoms. The van der Waals surface area contributed by atoms with Crippen LogP contribution in [0.5, 0.6) is 5.75 Å². The third kappa shape index (κ3) is 5.18. The molecule has 1 amide bonds. The number of likely N-dealkylation sites (tertiary alicyclic amines) is 1. The van der Waals surface area contributed by atoms with Gasteiger partial charge in [-0.2, -0.15) is 0 Å². The maximum absolute atomic E-state index is 13.2. The highest BCUT2D eigenvalue weighted by Gasteiger charge is 2.46. The number of carbonyl (C=O) groups is 2. The summed E-state index contributed by atoms with van der Waals surface area (Å²) in [5.74, 6) is -1.31. The summed E-state index contributed by atoms with van der Waals surface area (Å²) < 4.78 is 10.9. The number of rotatable bonds is 8. The molecule has 2 aliphatic rings. The topological polar surface area (TPSA) is 122 Å². The lowest BCUT2D eigenvalue weighted by molar-refractivity contribution is -0.384. The fourth-order valence-corrected chi connectivity index (χ4v) is 4.36. The molecule has 0 aromatic heterocycles. The minimum Gasteiger partial charge on any atom is -0.507 e. The second kappa shape index (κ2) is 10.7. The van der Waals surface area contributed by atoms with Crippen LogP contribution in [0.15, 0.2) is 54.1 Å². The van der Waals surface area contributed by atoms with Crippen LogP contribution in [-0.2, 0) is 14.3 Å². The lowest BCUT2D eigenvalue weighted by atomic mass is 9.95. The smallest absolute Gasteiger partial charge is 0.295 e. The fourth-order valence-electron chi connectivity index (χ4n) is 4.36. The fraction of sp³-hybridized carbons (Fsp3) is 0.360. The molecular formula is C25H27N3O7. The van der Waals surface area contributed by atoms with Gasteiger partial charge in [0, 0.05) is 43.9 Å². The van der Waals surface area contributed by atoms with Crippen LogP contribution < -0.4 is 4.74 Å². The van der Waals surface area contributed by atoms with Gasteiger partial charge in [0.15, 0.2) is 0 Å². The number of Topliss-reactive ketones (excluding diaryl/α,β-unsaturated/α-hetero) is 1. The SMILES string of the molecule is CCOc1cccc(/C(O)=C2\C(=O)C(=O)N(CCN3CCOCC3)C2c2ccc([N+](=O)[O-])cc2)c1. The van der Waals surface area contributed by atoms with E-state index < -0.39 is 22.7 Å². The van der Waals surface area contributed by atoms with Crippen LogP contribution in [-0.4, -0.2) is 77.5 Å². The number of hydrogen-bond acceptors (Lipinski definition) is 8. The van der Waals surface area contributed by atoms with E-state index in [1.165, 1.54) is 29.2 Å². The normalized spacial score (nSPS) is 20.3. The van der Waals surface area contributed by atoms with Crippen molar-refractivity contribution in [2.75, 3.05) is 46.0 Å². The Morgan fingerprint density at radius 3 is 2.51 bits per heavy atom. The standard InChI is InChI=1S/C25H27N3O7/c1-2-35-20-5-3-4-18(16-20)23(29)21-22(17-6-8-19(9-7-17)28(32)33)27(25(31)24(21)30)11-10-26-12-14-34-15-13-26/h3-9,16,22,29H,2,10-15H2,1H3/b23-21+. The Morgan fingerprint density at radius 1 is 1.14 bits per heavy atom. The lowest BCUT2D eigenvalue weighted by Gasteiger charge is -2.31. The first-order valence-electron chi connectivity index (χ1n) is 11.5. The Morgan fingerprint density at radius 2 is 1.86 bits per heavy atom. The number of non-ortho nitro benzene ring substituents is 1. The van der Waals surface area contributed by atoms with Gasteiger partial charge < -0.3 is 19.5 Å². The minimum absolute atomic E-state index is 0.0560. The summed E-state index contributed by atoms with van der Waals surface area (Å²) in [5.41, 5.74) is 0.677. The van der Waals surface area contributed by atoms with Crippen molar-refractivity contribution in [2.45, 2.75) is 13.0 Å². The lowest BCUT2D eigenvalue weighted by Crippen LogP contribution is -2.42. The minimum atomic E-state index is -0.882. The Balaban J connectivity index is 1.74. The predicted octanol–water partition coefficient (Wildman–Crippen LogP) is 2.75. The monoisotopic (exact) mass is 481 g/mol. The molecule has 2 aromatic carbocycles. The molecule has 1 N–H and O–H groups in total. The van der Waals surface area contributed by atoms with Crippen LogP contribution in [0.25, 0.3) is 5.76 Å². The first kappa shape index (κ1) is 24.4. The van der Waals surface area contributed by atoms with Gasteiger partial charge in [0.2, 0.25) is 0 Å². The molecule has 0 saturated carbocycles. The van der Waals surface area contributed by atoms with Crippen LogP contribution in [0.1, 0.15) is 24.1 Å². The zero-order valence-corrected chi connectivity index (χ0v) is 19.4. The van der Waals surface area contributed by atoms with Gasteiger partial charge >= 0.3 is 0 Å². The zero-order chi connectivity index (χ0) is 24.9. The van der Waals surface area contributed by atoms with E-state index in [1.807, 2.05) is 6.92 Å². The number of morpholine rings is 1. The number of hydrogen-bond donors (Lipinski definition) is 1. The molecule has 2 heterocycles. The Bertz CT molecular complexity index is 1140. The second-order valence-electron chi connectivity index (χ2n) is 8.26. The number of nitrogens with zero attached hydrogens (tertiary/aromatic N) is 3. The third-order valence-corrected chi connectivity index (χ3v) is 6.14. The summed E-state index contributed by atoms with van der Waals surface area (Å²) in [6.45, 7) is 5.68. The van der Waals surface area contributed by atoms with E-state index in [4.69, 9.17) is 9.47 Å². The van der Waals surface area contributed by atoms with Crippen LogP contribution >= 0.6 is 0 Å². The summed E-state index contributed by atoms with van der Waals surface area (Å²) in [5, 5.41) is 22.3. The predicted molar refractivity (Wildman–Crippen MR) is 127 cm³/mol. The maximum atomic E-state index is 13.2. The van der Waals surface area contributed by atoms with E-state index in [9.17, 15) is 24.8 Å². The number of aliphatic hydroxyl groups excluding tert-OH is 1. The summed E-state index contributed by atoms with van der Waals surface area (Å²) >= 11 is 0. The van der Waals surface area contributed by atoms with E-state index in [2.05, 4.69) is 4.90 Å². The van der Waals surface area contributed by atoms with Gasteiger partial charge in [0.05, 0.1) is 36.4 Å². The summed E-state index contributed by atoms with van der Waals surface area (Å²) in [4.78, 5) is 40.5. The molecule has 2 saturated heterocycles. The molecule has 0 bridgehead atoms. The van der Waals surface area contributed by atoms with Crippen LogP contribution in [0.4, 0.5) is 5.69 Å². The molecule has 2 aliphatic heterocycles. The molecule has 1 atom stereocenters. The molecule has 0 spiro atoms. The first-order chi connectivity index (χ1) is 16.9. The maximum Gasteiger partial charge on any atom is 0.295 e. The van der Waals surface area contributed by atoms with Crippen molar-refractivity contribution in [3.63, 3.8) is 0 Å². The van der Waals surface area contributed by atoms with Crippen molar-refractivity contribution in [3.8, 4) is 5.75 Å². The van der Waals surface area contributed by atoms with Gasteiger partial charge in [-0.1, -0.05) is 12.1 Å². The van der Waals surface area contributed by atoms with Gasteiger partial charge in [-0.15, -0.1) is 0 Å². The quantitative estimate of drug-likeness (QED) is 0.201. The average Bonchev–Trinajstić information content (AvgIpc) is 3.13. The Hall–Kier alpha value is -3.76. The molecule has 10 nitrogen and oxygen atoms in total. The van der Waals surface area contributed by atoms with E-state index >= 15 is 0 Å². The van der Waals surface area contributed by atoms with Crippen molar-refractivity contribution in [3.05, 3.63) is 75.3 Å². The van der Waals surface area contributed by atoms with Crippen LogP contribution in [0, 0.1) is 10.1 Å². The van der Waals surface area contributed by atoms with E-state index in [0.717, 1.165) is 13.1 Å². The number of ketones is 1. The van der Waals surface area contributed by atoms with Gasteiger partial charge in [-0.3, -0.25) is 24.6 Å². The second-order valence-corrected chi connectivity index (χ2v) is 8.26. The Kier molecular flexibility index (Phi) is 7.42. The van der Waals surface area contributed by atoms with Gasteiger partial charge in [-0.25, -0.2) is 0 Å². The molecule has 184 valence electrons. The molecule has 1 unspecified atom stereocenters. The number of ether oxygens (including phenoxy) is 2. The zero-order valence-electron chi connectivity index (χ0n) is 19.4. The highest BCUT2D eigenvalue weighted by Crippen LogP contribution is 2.40. The summed E-state index contributed by atoms with van der Waals surface area (Å²) in [6.07, 6.45) is 0. The van der Waals surface area contributed by atoms with Crippen molar-refractivity contribution >= 4 is 23.1 Å². The van der Waals surface area contributed by atoms with Crippen LogP contribution in [0.3, 0.4) is 0 Å². The van der Waals surface area contributed by atoms with Crippen molar-refractivity contribution in [1.82, 2.24) is 9.80 Å². The molecule has 0 aliphatic carbocycles. The van der Waals surface area contributed by atoms with E-state index in [0.29, 0.717) is 43.2 Å². The molecule has 0 radical (unpaired) electrons. The number of benzene rings is 2. The number of carbonyl (C=O) groups excluding carboxylic acids is 2. The third-order valence-electron chi connectivity index (χ3n) is 6.14. The van der Waals surface area contributed by atoms with E-state index in [-0.39, 0.29) is 23.6 Å². The number of nitro groups is 1. The number of aliphatic hydroxyl groups is 1. The highest BCUT2D eigenvalue weighted by atomic mass is 16.6. The summed E-state index contributed by atoms with van der Waals surface area (Å²) in [7, 11) is 0. The number of nitro benzene ring substituents is 1. The molecule has 4 rings (SSSR count). The molecular weight excluding hydrogens is 454 g/mol. The van der Waals surface area contributed by atoms with Crippen molar-refractivity contribution in [1.29, 1.82) is 0 Å². The average molecular weight is 482 g/mol. The van der Waals surface area contributed by atoms with Crippen molar-refractivity contribution in [2.24, 2.45) is 0 Å². The van der Waals surface area contributed by atoms with Gasteiger partial charge in [0.1, 0.15) is 11.5 Å². The largest absolute Gasteiger partial charge is 0.507 e. The van der Waals surface area contributed by atoms with Gasteiger partial charge in [-0.05, 0) is 36.8 Å². The Labute approximate surface area is 202 Å². The molecule has 2 aromatic rings.